The quantitative estimate of drug-likeness (QED) is 0.508. The van der Waals surface area contributed by atoms with Gasteiger partial charge in [-0.15, -0.1) is 0 Å². The molecular formula is C21H17ClFN5O5. The Morgan fingerprint density at radius 1 is 1.18 bits per heavy atom. The molecule has 2 aromatic rings. The number of nitrogens with one attached hydrogen (secondary N) is 1. The number of rotatable bonds is 6. The van der Waals surface area contributed by atoms with Crippen LogP contribution in [0.1, 0.15) is 17.3 Å². The highest BCUT2D eigenvalue weighted by Gasteiger charge is 2.55. The van der Waals surface area contributed by atoms with E-state index < -0.39 is 41.6 Å². The second-order valence-electron chi connectivity index (χ2n) is 7.15. The maximum absolute atomic E-state index is 13.5. The van der Waals surface area contributed by atoms with E-state index in [2.05, 4.69) is 15.7 Å². The first kappa shape index (κ1) is 22.3. The zero-order valence-electron chi connectivity index (χ0n) is 17.2. The molecule has 0 saturated carbocycles. The van der Waals surface area contributed by atoms with Crippen LogP contribution < -0.4 is 10.2 Å². The lowest BCUT2D eigenvalue weighted by Crippen LogP contribution is -2.43. The van der Waals surface area contributed by atoms with Gasteiger partial charge in [0.05, 0.1) is 22.9 Å². The van der Waals surface area contributed by atoms with Gasteiger partial charge in [-0.25, -0.2) is 14.1 Å². The Balaban J connectivity index is 1.46. The minimum atomic E-state index is -1.12. The van der Waals surface area contributed by atoms with E-state index in [9.17, 15) is 23.6 Å². The average Bonchev–Trinajstić information content (AvgIpc) is 3.30. The van der Waals surface area contributed by atoms with Gasteiger partial charge in [0.15, 0.2) is 12.1 Å². The molecule has 2 aliphatic heterocycles. The van der Waals surface area contributed by atoms with Crippen molar-refractivity contribution >= 4 is 46.7 Å². The van der Waals surface area contributed by atoms with Gasteiger partial charge in [-0.2, -0.15) is 5.11 Å². The van der Waals surface area contributed by atoms with Crippen molar-refractivity contribution in [3.8, 4) is 0 Å². The van der Waals surface area contributed by atoms with Crippen LogP contribution in [0.4, 0.5) is 15.8 Å². The van der Waals surface area contributed by atoms with Crippen molar-refractivity contribution in [2.45, 2.75) is 19.0 Å². The van der Waals surface area contributed by atoms with Crippen LogP contribution in [0.2, 0.25) is 5.02 Å². The summed E-state index contributed by atoms with van der Waals surface area (Å²) in [5.74, 6) is -3.07. The van der Waals surface area contributed by atoms with Gasteiger partial charge in [-0.3, -0.25) is 19.4 Å². The molecule has 10 nitrogen and oxygen atoms in total. The Labute approximate surface area is 191 Å². The maximum atomic E-state index is 13.5. The lowest BCUT2D eigenvalue weighted by Gasteiger charge is -2.20. The van der Waals surface area contributed by atoms with Gasteiger partial charge in [-0.1, -0.05) is 22.9 Å². The van der Waals surface area contributed by atoms with Crippen molar-refractivity contribution in [2.24, 2.45) is 10.3 Å². The van der Waals surface area contributed by atoms with E-state index in [1.807, 2.05) is 0 Å². The van der Waals surface area contributed by atoms with Gasteiger partial charge < -0.3 is 10.1 Å². The number of fused-ring (bicyclic) bond motifs is 1. The molecule has 3 amide bonds. The highest BCUT2D eigenvalue weighted by Crippen LogP contribution is 2.33. The molecule has 33 heavy (non-hydrogen) atoms. The summed E-state index contributed by atoms with van der Waals surface area (Å²) in [7, 11) is 0. The minimum absolute atomic E-state index is 0.0983. The summed E-state index contributed by atoms with van der Waals surface area (Å²) in [6.07, 6.45) is 0. The van der Waals surface area contributed by atoms with E-state index in [-0.39, 0.29) is 29.4 Å². The third kappa shape index (κ3) is 4.27. The Bertz CT molecular complexity index is 1190. The SMILES string of the molecule is CCOC(=O)c1cccc(NC(=O)CN2N=N[C@@H]3C(=O)N(c4ccc(F)c(Cl)c4)C(=O)[C@H]32)c1. The van der Waals surface area contributed by atoms with Crippen LogP contribution >= 0.6 is 11.6 Å². The Morgan fingerprint density at radius 3 is 2.70 bits per heavy atom. The Hall–Kier alpha value is -3.86. The fraction of sp³-hybridized carbons (Fsp3) is 0.238. The van der Waals surface area contributed by atoms with E-state index in [4.69, 9.17) is 16.3 Å². The summed E-state index contributed by atoms with van der Waals surface area (Å²) in [6, 6.07) is 7.39. The van der Waals surface area contributed by atoms with E-state index in [0.29, 0.717) is 5.69 Å². The first-order chi connectivity index (χ1) is 15.8. The van der Waals surface area contributed by atoms with E-state index in [1.54, 1.807) is 25.1 Å². The topological polar surface area (TPSA) is 121 Å². The molecule has 0 unspecified atom stereocenters. The first-order valence-electron chi connectivity index (χ1n) is 9.87. The number of ether oxygens (including phenoxy) is 1. The molecule has 0 bridgehead atoms. The fourth-order valence-electron chi connectivity index (χ4n) is 3.52. The number of hydrogen-bond donors (Lipinski definition) is 1. The normalized spacial score (nSPS) is 19.1. The second kappa shape index (κ2) is 8.94. The zero-order chi connectivity index (χ0) is 23.7. The summed E-state index contributed by atoms with van der Waals surface area (Å²) in [4.78, 5) is 50.9. The fourth-order valence-corrected chi connectivity index (χ4v) is 3.69. The number of imide groups is 1. The Morgan fingerprint density at radius 2 is 1.97 bits per heavy atom. The molecule has 1 N–H and O–H groups in total. The molecule has 1 saturated heterocycles. The van der Waals surface area contributed by atoms with E-state index >= 15 is 0 Å². The Kier molecular flexibility index (Phi) is 6.05. The summed E-state index contributed by atoms with van der Waals surface area (Å²) in [5.41, 5.74) is 0.705. The third-order valence-electron chi connectivity index (χ3n) is 4.98. The van der Waals surface area contributed by atoms with Gasteiger partial charge in [0.1, 0.15) is 12.4 Å². The van der Waals surface area contributed by atoms with Gasteiger partial charge in [0.2, 0.25) is 5.91 Å². The van der Waals surface area contributed by atoms with Crippen LogP contribution in [0, 0.1) is 5.82 Å². The zero-order valence-corrected chi connectivity index (χ0v) is 18.0. The molecule has 2 heterocycles. The van der Waals surface area contributed by atoms with Crippen molar-refractivity contribution in [3.05, 3.63) is 58.9 Å². The number of nitrogens with zero attached hydrogens (tertiary/aromatic N) is 4. The smallest absolute Gasteiger partial charge is 0.338 e. The summed E-state index contributed by atoms with van der Waals surface area (Å²) >= 11 is 5.77. The first-order valence-corrected chi connectivity index (χ1v) is 10.2. The lowest BCUT2D eigenvalue weighted by molar-refractivity contribution is -0.123. The highest BCUT2D eigenvalue weighted by molar-refractivity contribution is 6.32. The summed E-state index contributed by atoms with van der Waals surface area (Å²) < 4.78 is 18.4. The van der Waals surface area contributed by atoms with Crippen molar-refractivity contribution in [2.75, 3.05) is 23.4 Å². The van der Waals surface area contributed by atoms with Gasteiger partial charge in [0.25, 0.3) is 11.8 Å². The molecule has 0 aliphatic carbocycles. The van der Waals surface area contributed by atoms with Crippen molar-refractivity contribution in [1.29, 1.82) is 0 Å². The van der Waals surface area contributed by atoms with Crippen LogP contribution in [0.15, 0.2) is 52.8 Å². The average molecular weight is 474 g/mol. The summed E-state index contributed by atoms with van der Waals surface area (Å²) in [5, 5.41) is 11.1. The molecule has 2 aliphatic rings. The predicted octanol–water partition coefficient (Wildman–Crippen LogP) is 2.59. The van der Waals surface area contributed by atoms with E-state index in [0.717, 1.165) is 16.0 Å². The van der Waals surface area contributed by atoms with Crippen LogP contribution in [-0.2, 0) is 19.1 Å². The van der Waals surface area contributed by atoms with Crippen LogP contribution in [0.3, 0.4) is 0 Å². The van der Waals surface area contributed by atoms with Crippen LogP contribution in [-0.4, -0.2) is 53.9 Å². The summed E-state index contributed by atoms with van der Waals surface area (Å²) in [6.45, 7) is 1.53. The number of anilines is 2. The van der Waals surface area contributed by atoms with E-state index in [1.165, 1.54) is 18.2 Å². The number of halogens is 2. The molecule has 0 aromatic heterocycles. The molecule has 4 rings (SSSR count). The van der Waals surface area contributed by atoms with Gasteiger partial charge in [0, 0.05) is 5.69 Å². The van der Waals surface area contributed by atoms with Crippen LogP contribution in [0.5, 0.6) is 0 Å². The molecule has 2 aromatic carbocycles. The standard InChI is InChI=1S/C21H17ClFN5O5/c1-2-33-21(32)11-4-3-5-12(8-11)24-16(29)10-27-18-17(25-26-27)19(30)28(20(18)31)13-6-7-15(23)14(22)9-13/h3-9,17-18H,2,10H2,1H3,(H,24,29)/t17-,18-/m0/s1. The number of benzene rings is 2. The van der Waals surface area contributed by atoms with Crippen molar-refractivity contribution in [3.63, 3.8) is 0 Å². The maximum Gasteiger partial charge on any atom is 0.338 e. The number of hydrogen-bond acceptors (Lipinski definition) is 8. The number of amides is 3. The van der Waals surface area contributed by atoms with Crippen molar-refractivity contribution in [1.82, 2.24) is 5.01 Å². The van der Waals surface area contributed by atoms with Crippen molar-refractivity contribution < 1.29 is 28.3 Å². The highest BCUT2D eigenvalue weighted by atomic mass is 35.5. The number of carbonyl (C=O) groups excluding carboxylic acids is 4. The predicted molar refractivity (Wildman–Crippen MR) is 114 cm³/mol. The molecule has 2 atom stereocenters. The number of esters is 1. The molecule has 1 fully saturated rings. The second-order valence-corrected chi connectivity index (χ2v) is 7.56. The molecule has 0 radical (unpaired) electrons. The van der Waals surface area contributed by atoms with Gasteiger partial charge in [-0.05, 0) is 43.3 Å². The molecule has 170 valence electrons. The van der Waals surface area contributed by atoms with Crippen LogP contribution in [0.25, 0.3) is 0 Å². The molecular weight excluding hydrogens is 457 g/mol. The third-order valence-corrected chi connectivity index (χ3v) is 5.27. The lowest BCUT2D eigenvalue weighted by atomic mass is 10.1. The number of carbonyl (C=O) groups is 4. The largest absolute Gasteiger partial charge is 0.462 e. The van der Waals surface area contributed by atoms with Gasteiger partial charge >= 0.3 is 5.97 Å². The molecule has 0 spiro atoms. The minimum Gasteiger partial charge on any atom is -0.462 e. The molecule has 12 heteroatoms. The monoisotopic (exact) mass is 473 g/mol.